The highest BCUT2D eigenvalue weighted by atomic mass is 16.5. The summed E-state index contributed by atoms with van der Waals surface area (Å²) in [6.07, 6.45) is 2.18. The van der Waals surface area contributed by atoms with Crippen molar-refractivity contribution >= 4 is 17.6 Å². The fourth-order valence-corrected chi connectivity index (χ4v) is 2.33. The van der Waals surface area contributed by atoms with Gasteiger partial charge < -0.3 is 19.5 Å². The fourth-order valence-electron chi connectivity index (χ4n) is 2.33. The first-order valence-electron chi connectivity index (χ1n) is 8.56. The van der Waals surface area contributed by atoms with Crippen molar-refractivity contribution < 1.29 is 23.8 Å². The Labute approximate surface area is 149 Å². The number of hydrogen-bond acceptors (Lipinski definition) is 5. The van der Waals surface area contributed by atoms with Crippen molar-refractivity contribution in [1.82, 2.24) is 0 Å². The molecule has 0 aliphatic rings. The molecule has 0 aliphatic heterocycles. The number of esters is 1. The van der Waals surface area contributed by atoms with Gasteiger partial charge in [0.2, 0.25) is 0 Å². The number of nitrogens with one attached hydrogen (secondary N) is 1. The van der Waals surface area contributed by atoms with E-state index in [1.54, 1.807) is 25.1 Å². The Bertz CT molecular complexity index is 601. The summed E-state index contributed by atoms with van der Waals surface area (Å²) in [5, 5.41) is 2.80. The lowest BCUT2D eigenvalue weighted by molar-refractivity contribution is -0.136. The zero-order valence-electron chi connectivity index (χ0n) is 16.0. The highest BCUT2D eigenvalue weighted by Crippen LogP contribution is 2.27. The maximum atomic E-state index is 12.5. The van der Waals surface area contributed by atoms with E-state index in [0.717, 1.165) is 12.8 Å². The standard InChI is InChI=1S/C19H29NO5/c1-7-11-19(4,24-6)18(22)20-14-9-10-16(25-13(3)8-2)15(12-14)17(21)23-5/h9-10,12-13H,7-8,11H2,1-6H3,(H,20,22)/t13-,19+/m1/s1. The number of methoxy groups -OCH3 is 2. The number of rotatable bonds is 9. The molecule has 1 rings (SSSR count). The summed E-state index contributed by atoms with van der Waals surface area (Å²) in [6.45, 7) is 7.65. The van der Waals surface area contributed by atoms with E-state index in [-0.39, 0.29) is 17.6 Å². The predicted octanol–water partition coefficient (Wildman–Crippen LogP) is 3.79. The van der Waals surface area contributed by atoms with Gasteiger partial charge >= 0.3 is 5.97 Å². The summed E-state index contributed by atoms with van der Waals surface area (Å²) < 4.78 is 16.0. The van der Waals surface area contributed by atoms with E-state index in [9.17, 15) is 9.59 Å². The molecule has 0 radical (unpaired) electrons. The SMILES string of the molecule is CCC[C@](C)(OC)C(=O)Nc1ccc(O[C@H](C)CC)c(C(=O)OC)c1. The summed E-state index contributed by atoms with van der Waals surface area (Å²) in [4.78, 5) is 24.6. The molecule has 0 aromatic heterocycles. The van der Waals surface area contributed by atoms with Gasteiger partial charge in [0, 0.05) is 12.8 Å². The third-order valence-corrected chi connectivity index (χ3v) is 4.20. The third-order valence-electron chi connectivity index (χ3n) is 4.20. The molecule has 6 nitrogen and oxygen atoms in total. The molecule has 0 spiro atoms. The predicted molar refractivity (Wildman–Crippen MR) is 97.1 cm³/mol. The Morgan fingerprint density at radius 1 is 1.24 bits per heavy atom. The number of carbonyl (C=O) groups is 2. The highest BCUT2D eigenvalue weighted by Gasteiger charge is 2.32. The van der Waals surface area contributed by atoms with Crippen LogP contribution in [0.15, 0.2) is 18.2 Å². The summed E-state index contributed by atoms with van der Waals surface area (Å²) in [6, 6.07) is 4.92. The van der Waals surface area contributed by atoms with E-state index in [4.69, 9.17) is 14.2 Å². The maximum absolute atomic E-state index is 12.5. The Morgan fingerprint density at radius 3 is 2.44 bits per heavy atom. The molecular weight excluding hydrogens is 322 g/mol. The lowest BCUT2D eigenvalue weighted by Gasteiger charge is -2.26. The van der Waals surface area contributed by atoms with E-state index < -0.39 is 11.6 Å². The van der Waals surface area contributed by atoms with Gasteiger partial charge in [0.1, 0.15) is 16.9 Å². The quantitative estimate of drug-likeness (QED) is 0.685. The molecule has 0 unspecified atom stereocenters. The topological polar surface area (TPSA) is 73.9 Å². The van der Waals surface area contributed by atoms with E-state index in [0.29, 0.717) is 17.9 Å². The van der Waals surface area contributed by atoms with Gasteiger partial charge in [-0.25, -0.2) is 4.79 Å². The minimum absolute atomic E-state index is 0.0369. The van der Waals surface area contributed by atoms with Crippen molar-refractivity contribution in [2.24, 2.45) is 0 Å². The second kappa shape index (κ2) is 9.42. The monoisotopic (exact) mass is 351 g/mol. The molecule has 25 heavy (non-hydrogen) atoms. The summed E-state index contributed by atoms with van der Waals surface area (Å²) in [5.74, 6) is -0.344. The molecule has 140 valence electrons. The molecule has 0 bridgehead atoms. The van der Waals surface area contributed by atoms with E-state index >= 15 is 0 Å². The third kappa shape index (κ3) is 5.46. The fraction of sp³-hybridized carbons (Fsp3) is 0.579. The van der Waals surface area contributed by atoms with Crippen LogP contribution in [0.4, 0.5) is 5.69 Å². The summed E-state index contributed by atoms with van der Waals surface area (Å²) >= 11 is 0. The number of anilines is 1. The van der Waals surface area contributed by atoms with Crippen LogP contribution in [0.5, 0.6) is 5.75 Å². The normalized spacial score (nSPS) is 14.3. The molecule has 1 aromatic rings. The zero-order valence-corrected chi connectivity index (χ0v) is 16.0. The van der Waals surface area contributed by atoms with E-state index in [1.165, 1.54) is 14.2 Å². The second-order valence-electron chi connectivity index (χ2n) is 6.18. The van der Waals surface area contributed by atoms with Gasteiger partial charge in [-0.05, 0) is 44.9 Å². The number of hydrogen-bond donors (Lipinski definition) is 1. The van der Waals surface area contributed by atoms with Gasteiger partial charge in [-0.3, -0.25) is 4.79 Å². The Morgan fingerprint density at radius 2 is 1.92 bits per heavy atom. The molecule has 1 N–H and O–H groups in total. The largest absolute Gasteiger partial charge is 0.490 e. The van der Waals surface area contributed by atoms with Crippen molar-refractivity contribution in [2.45, 2.75) is 58.7 Å². The van der Waals surface area contributed by atoms with Crippen molar-refractivity contribution in [3.8, 4) is 5.75 Å². The Kier molecular flexibility index (Phi) is 7.90. The van der Waals surface area contributed by atoms with Gasteiger partial charge in [-0.1, -0.05) is 20.3 Å². The molecule has 1 aromatic carbocycles. The highest BCUT2D eigenvalue weighted by molar-refractivity contribution is 5.99. The number of amides is 1. The first-order chi connectivity index (χ1) is 11.8. The molecule has 0 saturated carbocycles. The molecule has 1 amide bonds. The smallest absolute Gasteiger partial charge is 0.341 e. The first-order valence-corrected chi connectivity index (χ1v) is 8.56. The van der Waals surface area contributed by atoms with Gasteiger partial charge in [0.25, 0.3) is 5.91 Å². The average Bonchev–Trinajstić information content (AvgIpc) is 2.61. The maximum Gasteiger partial charge on any atom is 0.341 e. The van der Waals surface area contributed by atoms with Crippen LogP contribution in [-0.2, 0) is 14.3 Å². The molecular formula is C19H29NO5. The van der Waals surface area contributed by atoms with Gasteiger partial charge in [0.05, 0.1) is 13.2 Å². The molecule has 0 fully saturated rings. The summed E-state index contributed by atoms with van der Waals surface area (Å²) in [5.41, 5.74) is -0.164. The van der Waals surface area contributed by atoms with Crippen molar-refractivity contribution in [3.63, 3.8) is 0 Å². The van der Waals surface area contributed by atoms with Crippen LogP contribution >= 0.6 is 0 Å². The van der Waals surface area contributed by atoms with Crippen LogP contribution in [0.3, 0.4) is 0 Å². The van der Waals surface area contributed by atoms with Gasteiger partial charge in [0.15, 0.2) is 0 Å². The van der Waals surface area contributed by atoms with Crippen molar-refractivity contribution in [2.75, 3.05) is 19.5 Å². The first kappa shape index (κ1) is 21.0. The minimum atomic E-state index is -0.925. The molecule has 6 heteroatoms. The Balaban J connectivity index is 3.09. The van der Waals surface area contributed by atoms with Crippen LogP contribution in [-0.4, -0.2) is 37.8 Å². The lowest BCUT2D eigenvalue weighted by atomic mass is 9.99. The number of ether oxygens (including phenoxy) is 3. The Hall–Kier alpha value is -2.08. The average molecular weight is 351 g/mol. The van der Waals surface area contributed by atoms with Crippen LogP contribution in [0, 0.1) is 0 Å². The van der Waals surface area contributed by atoms with Crippen molar-refractivity contribution in [1.29, 1.82) is 0 Å². The van der Waals surface area contributed by atoms with Crippen LogP contribution in [0.1, 0.15) is 57.3 Å². The van der Waals surface area contributed by atoms with Gasteiger partial charge in [-0.2, -0.15) is 0 Å². The molecule has 0 aliphatic carbocycles. The lowest BCUT2D eigenvalue weighted by Crippen LogP contribution is -2.41. The van der Waals surface area contributed by atoms with E-state index in [2.05, 4.69) is 5.32 Å². The number of benzene rings is 1. The van der Waals surface area contributed by atoms with Crippen LogP contribution in [0.25, 0.3) is 0 Å². The molecule has 2 atom stereocenters. The second-order valence-corrected chi connectivity index (χ2v) is 6.18. The molecule has 0 saturated heterocycles. The van der Waals surface area contributed by atoms with Crippen LogP contribution in [0.2, 0.25) is 0 Å². The minimum Gasteiger partial charge on any atom is -0.490 e. The zero-order chi connectivity index (χ0) is 19.0. The number of carbonyl (C=O) groups excluding carboxylic acids is 2. The summed E-state index contributed by atoms with van der Waals surface area (Å²) in [7, 11) is 2.82. The van der Waals surface area contributed by atoms with Gasteiger partial charge in [-0.15, -0.1) is 0 Å². The van der Waals surface area contributed by atoms with Crippen LogP contribution < -0.4 is 10.1 Å². The van der Waals surface area contributed by atoms with Crippen molar-refractivity contribution in [3.05, 3.63) is 23.8 Å². The molecule has 0 heterocycles. The van der Waals surface area contributed by atoms with E-state index in [1.807, 2.05) is 20.8 Å².